The van der Waals surface area contributed by atoms with Crippen molar-refractivity contribution in [2.45, 2.75) is 19.7 Å². The molecule has 33 heavy (non-hydrogen) atoms. The molecule has 2 unspecified atom stereocenters. The van der Waals surface area contributed by atoms with Crippen LogP contribution in [0, 0.1) is 30.1 Å². The second-order valence-electron chi connectivity index (χ2n) is 8.26. The number of pyridine rings is 2. The largest absolute Gasteiger partial charge is 0.573 e. The van der Waals surface area contributed by atoms with Gasteiger partial charge in [0.15, 0.2) is 0 Å². The Hall–Kier alpha value is -3.33. The Balaban J connectivity index is 1.37. The van der Waals surface area contributed by atoms with E-state index in [9.17, 15) is 23.2 Å². The van der Waals surface area contributed by atoms with E-state index in [1.807, 2.05) is 13.0 Å². The van der Waals surface area contributed by atoms with Gasteiger partial charge in [-0.1, -0.05) is 0 Å². The third-order valence-electron chi connectivity index (χ3n) is 6.16. The third kappa shape index (κ3) is 4.08. The molecule has 0 aliphatic carbocycles. The summed E-state index contributed by atoms with van der Waals surface area (Å²) in [4.78, 5) is 28.8. The first-order chi connectivity index (χ1) is 15.7. The molecular formula is C21H19F3N6O2S. The highest BCUT2D eigenvalue weighted by Crippen LogP contribution is 2.38. The van der Waals surface area contributed by atoms with Crippen molar-refractivity contribution >= 4 is 33.2 Å². The summed E-state index contributed by atoms with van der Waals surface area (Å²) in [5, 5.41) is 10.5. The number of nitrogens with zero attached hydrogens (tertiary/aromatic N) is 5. The molecule has 2 atom stereocenters. The Kier molecular flexibility index (Phi) is 5.16. The standard InChI is InChI=1S/C21H19F3N6O2S/c1-11-27-17-18(15(6-25)19(31)28-20(17)33-11)29-5-4-12-8-30(10-13(12)9-29)16-3-2-14(7-26-16)32-21(22,23)24/h2-3,7,12-13H,4-5,8-10H2,1H3,(H,28,31). The molecule has 5 rings (SSSR count). The minimum absolute atomic E-state index is 0.0722. The summed E-state index contributed by atoms with van der Waals surface area (Å²) >= 11 is 1.39. The molecule has 0 spiro atoms. The Morgan fingerprint density at radius 2 is 2.00 bits per heavy atom. The number of aromatic nitrogens is 3. The van der Waals surface area contributed by atoms with Gasteiger partial charge in [0.25, 0.3) is 5.56 Å². The molecule has 0 radical (unpaired) electrons. The summed E-state index contributed by atoms with van der Waals surface area (Å²) < 4.78 is 41.1. The summed E-state index contributed by atoms with van der Waals surface area (Å²) in [6.45, 7) is 4.62. The van der Waals surface area contributed by atoms with E-state index in [-0.39, 0.29) is 17.2 Å². The number of ether oxygens (including phenoxy) is 1. The van der Waals surface area contributed by atoms with E-state index in [0.717, 1.165) is 24.2 Å². The third-order valence-corrected chi connectivity index (χ3v) is 7.04. The number of nitriles is 1. The molecule has 0 bridgehead atoms. The number of piperidine rings is 1. The summed E-state index contributed by atoms with van der Waals surface area (Å²) in [5.41, 5.74) is 0.889. The number of hydrogen-bond donors (Lipinski definition) is 1. The molecule has 3 aromatic heterocycles. The minimum atomic E-state index is -4.75. The number of alkyl halides is 3. The van der Waals surface area contributed by atoms with Gasteiger partial charge >= 0.3 is 6.36 Å². The lowest BCUT2D eigenvalue weighted by Gasteiger charge is -2.36. The average Bonchev–Trinajstić information content (AvgIpc) is 3.34. The van der Waals surface area contributed by atoms with Crippen LogP contribution in [-0.2, 0) is 0 Å². The number of rotatable bonds is 3. The maximum atomic E-state index is 12.5. The van der Waals surface area contributed by atoms with Gasteiger partial charge in [0, 0.05) is 26.2 Å². The van der Waals surface area contributed by atoms with E-state index in [1.165, 1.54) is 23.5 Å². The fourth-order valence-electron chi connectivity index (χ4n) is 4.79. The molecule has 1 N–H and O–H groups in total. The normalized spacial score (nSPS) is 20.7. The number of nitrogens with one attached hydrogen (secondary N) is 1. The van der Waals surface area contributed by atoms with E-state index in [4.69, 9.17) is 0 Å². The number of thiazole rings is 1. The highest BCUT2D eigenvalue weighted by molar-refractivity contribution is 7.18. The van der Waals surface area contributed by atoms with Crippen molar-refractivity contribution in [1.29, 1.82) is 5.26 Å². The molecule has 0 aromatic carbocycles. The second-order valence-corrected chi connectivity index (χ2v) is 9.46. The van der Waals surface area contributed by atoms with Crippen LogP contribution in [-0.4, -0.2) is 47.5 Å². The summed E-state index contributed by atoms with van der Waals surface area (Å²) in [7, 11) is 0. The maximum absolute atomic E-state index is 12.5. The van der Waals surface area contributed by atoms with Crippen molar-refractivity contribution in [3.63, 3.8) is 0 Å². The van der Waals surface area contributed by atoms with Crippen LogP contribution in [0.2, 0.25) is 0 Å². The highest BCUT2D eigenvalue weighted by Gasteiger charge is 2.39. The monoisotopic (exact) mass is 476 g/mol. The lowest BCUT2D eigenvalue weighted by Crippen LogP contribution is -2.41. The Morgan fingerprint density at radius 1 is 1.24 bits per heavy atom. The molecule has 2 aliphatic heterocycles. The number of aromatic amines is 1. The predicted octanol–water partition coefficient (Wildman–Crippen LogP) is 3.42. The van der Waals surface area contributed by atoms with Gasteiger partial charge in [0.2, 0.25) is 0 Å². The van der Waals surface area contributed by atoms with Crippen LogP contribution in [0.25, 0.3) is 10.3 Å². The number of halogens is 3. The number of hydrogen-bond acceptors (Lipinski definition) is 8. The number of anilines is 2. The fourth-order valence-corrected chi connectivity index (χ4v) is 5.60. The van der Waals surface area contributed by atoms with Gasteiger partial charge in [0.05, 0.1) is 16.9 Å². The zero-order valence-electron chi connectivity index (χ0n) is 17.5. The van der Waals surface area contributed by atoms with Crippen molar-refractivity contribution < 1.29 is 17.9 Å². The molecule has 2 saturated heterocycles. The zero-order chi connectivity index (χ0) is 23.3. The SMILES string of the molecule is Cc1nc2c(N3CCC4CN(c5ccc(OC(F)(F)F)cn5)CC4C3)c(C#N)c(=O)[nH]c2s1. The summed E-state index contributed by atoms with van der Waals surface area (Å²) in [5.74, 6) is 0.883. The Bertz CT molecular complexity index is 1300. The quantitative estimate of drug-likeness (QED) is 0.619. The molecule has 5 heterocycles. The van der Waals surface area contributed by atoms with Gasteiger partial charge in [-0.2, -0.15) is 5.26 Å². The van der Waals surface area contributed by atoms with Crippen LogP contribution >= 0.6 is 11.3 Å². The first-order valence-electron chi connectivity index (χ1n) is 10.4. The van der Waals surface area contributed by atoms with Crippen LogP contribution < -0.4 is 20.1 Å². The van der Waals surface area contributed by atoms with Gasteiger partial charge in [0.1, 0.15) is 33.5 Å². The lowest BCUT2D eigenvalue weighted by molar-refractivity contribution is -0.274. The van der Waals surface area contributed by atoms with Gasteiger partial charge in [-0.15, -0.1) is 24.5 Å². The molecule has 0 amide bonds. The second kappa shape index (κ2) is 7.91. The van der Waals surface area contributed by atoms with E-state index in [0.29, 0.717) is 47.4 Å². The van der Waals surface area contributed by atoms with Crippen LogP contribution in [0.3, 0.4) is 0 Å². The first kappa shape index (κ1) is 21.5. The molecule has 172 valence electrons. The van der Waals surface area contributed by atoms with Crippen molar-refractivity contribution in [3.8, 4) is 11.8 Å². The van der Waals surface area contributed by atoms with E-state index in [2.05, 4.69) is 29.5 Å². The van der Waals surface area contributed by atoms with Gasteiger partial charge < -0.3 is 19.5 Å². The highest BCUT2D eigenvalue weighted by atomic mass is 32.1. The maximum Gasteiger partial charge on any atom is 0.573 e. The van der Waals surface area contributed by atoms with E-state index >= 15 is 0 Å². The molecule has 0 saturated carbocycles. The predicted molar refractivity (Wildman–Crippen MR) is 117 cm³/mol. The first-order valence-corrected chi connectivity index (χ1v) is 11.2. The van der Waals surface area contributed by atoms with Gasteiger partial charge in [-0.25, -0.2) is 9.97 Å². The topological polar surface area (TPSA) is 98.1 Å². The Labute approximate surface area is 190 Å². The average molecular weight is 476 g/mol. The molecule has 2 fully saturated rings. The fraction of sp³-hybridized carbons (Fsp3) is 0.429. The minimum Gasteiger partial charge on any atom is -0.404 e. The summed E-state index contributed by atoms with van der Waals surface area (Å²) in [6.07, 6.45) is -2.81. The van der Waals surface area contributed by atoms with Crippen LogP contribution in [0.5, 0.6) is 5.75 Å². The molecular weight excluding hydrogens is 457 g/mol. The molecule has 3 aromatic rings. The van der Waals surface area contributed by atoms with Gasteiger partial charge in [-0.05, 0) is 37.3 Å². The van der Waals surface area contributed by atoms with Crippen molar-refractivity contribution in [2.75, 3.05) is 36.0 Å². The molecule has 12 heteroatoms. The molecule has 8 nitrogen and oxygen atoms in total. The number of H-pyrrole nitrogens is 1. The lowest BCUT2D eigenvalue weighted by atomic mass is 9.88. The Morgan fingerprint density at radius 3 is 2.70 bits per heavy atom. The van der Waals surface area contributed by atoms with Crippen molar-refractivity contribution in [3.05, 3.63) is 39.3 Å². The van der Waals surface area contributed by atoms with Crippen molar-refractivity contribution in [2.24, 2.45) is 11.8 Å². The zero-order valence-corrected chi connectivity index (χ0v) is 18.3. The summed E-state index contributed by atoms with van der Waals surface area (Å²) in [6, 6.07) is 4.84. The number of aryl methyl sites for hydroxylation is 1. The van der Waals surface area contributed by atoms with Crippen LogP contribution in [0.15, 0.2) is 23.1 Å². The number of fused-ring (bicyclic) bond motifs is 2. The van der Waals surface area contributed by atoms with E-state index < -0.39 is 11.9 Å². The van der Waals surface area contributed by atoms with Gasteiger partial charge in [-0.3, -0.25) is 4.79 Å². The smallest absolute Gasteiger partial charge is 0.404 e. The van der Waals surface area contributed by atoms with Crippen LogP contribution in [0.1, 0.15) is 17.0 Å². The van der Waals surface area contributed by atoms with Crippen molar-refractivity contribution in [1.82, 2.24) is 15.0 Å². The van der Waals surface area contributed by atoms with E-state index in [1.54, 1.807) is 0 Å². The molecule has 2 aliphatic rings. The van der Waals surface area contributed by atoms with Crippen LogP contribution in [0.4, 0.5) is 24.7 Å².